The third-order valence-corrected chi connectivity index (χ3v) is 8.87. The SMILES string of the molecule is CS(=O)(=O)Nc1cccc(Cn2c(C(=O)NS(=O)(=O)c3cccc4nonc34)c(-c3ccc[nH]c3=O)c3cc(Cl)ccc32)c1. The Balaban J connectivity index is 1.56. The smallest absolute Gasteiger partial charge is 0.282 e. The van der Waals surface area contributed by atoms with Crippen LogP contribution in [0, 0.1) is 0 Å². The molecule has 1 amide bonds. The number of sulfonamides is 2. The molecular formula is C28H21ClN6O7S2. The average Bonchev–Trinajstić information content (AvgIpc) is 3.55. The number of pyridine rings is 1. The Morgan fingerprint density at radius 3 is 2.57 bits per heavy atom. The Bertz CT molecular complexity index is 2380. The number of hydrogen-bond acceptors (Lipinski definition) is 9. The second-order valence-corrected chi connectivity index (χ2v) is 13.6. The van der Waals surface area contributed by atoms with Gasteiger partial charge in [0.1, 0.15) is 16.1 Å². The number of benzene rings is 3. The van der Waals surface area contributed by atoms with Crippen LogP contribution in [0.1, 0.15) is 16.1 Å². The van der Waals surface area contributed by atoms with Crippen LogP contribution in [-0.2, 0) is 26.6 Å². The summed E-state index contributed by atoms with van der Waals surface area (Å²) >= 11 is 6.35. The van der Waals surface area contributed by atoms with Crippen molar-refractivity contribution < 1.29 is 26.3 Å². The molecule has 0 radical (unpaired) electrons. The van der Waals surface area contributed by atoms with Crippen LogP contribution in [0.15, 0.2) is 93.3 Å². The topological polar surface area (TPSA) is 186 Å². The summed E-state index contributed by atoms with van der Waals surface area (Å²) in [5, 5.41) is 8.04. The van der Waals surface area contributed by atoms with Crippen LogP contribution < -0.4 is 15.0 Å². The van der Waals surface area contributed by atoms with Crippen LogP contribution >= 0.6 is 11.6 Å². The number of rotatable bonds is 8. The highest BCUT2D eigenvalue weighted by Gasteiger charge is 2.30. The minimum atomic E-state index is -4.54. The fourth-order valence-electron chi connectivity index (χ4n) is 4.97. The molecule has 0 aliphatic rings. The first-order valence-electron chi connectivity index (χ1n) is 12.8. The molecule has 3 aromatic heterocycles. The molecular weight excluding hydrogens is 632 g/mol. The van der Waals surface area contributed by atoms with E-state index >= 15 is 0 Å². The van der Waals surface area contributed by atoms with Gasteiger partial charge in [0.05, 0.1) is 6.26 Å². The number of H-pyrrole nitrogens is 1. The van der Waals surface area contributed by atoms with Crippen LogP contribution in [0.2, 0.25) is 5.02 Å². The number of anilines is 1. The minimum absolute atomic E-state index is 0.0201. The summed E-state index contributed by atoms with van der Waals surface area (Å²) in [5.41, 5.74) is 0.954. The molecule has 44 heavy (non-hydrogen) atoms. The van der Waals surface area contributed by atoms with Gasteiger partial charge in [-0.2, -0.15) is 0 Å². The second-order valence-electron chi connectivity index (χ2n) is 9.78. The quantitative estimate of drug-likeness (QED) is 0.220. The van der Waals surface area contributed by atoms with Crippen LogP contribution in [0.4, 0.5) is 5.69 Å². The zero-order valence-corrected chi connectivity index (χ0v) is 25.0. The summed E-state index contributed by atoms with van der Waals surface area (Å²) in [6, 6.07) is 18.5. The number of aromatic amines is 1. The van der Waals surface area contributed by atoms with Crippen molar-refractivity contribution in [2.45, 2.75) is 11.4 Å². The number of carbonyl (C=O) groups excluding carboxylic acids is 1. The van der Waals surface area contributed by atoms with E-state index < -0.39 is 31.5 Å². The van der Waals surface area contributed by atoms with Crippen molar-refractivity contribution in [3.63, 3.8) is 0 Å². The lowest BCUT2D eigenvalue weighted by Gasteiger charge is -2.14. The molecule has 3 N–H and O–H groups in total. The van der Waals surface area contributed by atoms with Gasteiger partial charge in [-0.3, -0.25) is 14.3 Å². The van der Waals surface area contributed by atoms with Crippen molar-refractivity contribution in [1.82, 2.24) is 24.6 Å². The van der Waals surface area contributed by atoms with Crippen LogP contribution in [0.3, 0.4) is 0 Å². The maximum absolute atomic E-state index is 14.1. The van der Waals surface area contributed by atoms with Gasteiger partial charge in [-0.05, 0) is 70.5 Å². The summed E-state index contributed by atoms with van der Waals surface area (Å²) in [6.07, 6.45) is 2.44. The molecule has 224 valence electrons. The Morgan fingerprint density at radius 2 is 1.80 bits per heavy atom. The summed E-state index contributed by atoms with van der Waals surface area (Å²) in [7, 11) is -8.12. The van der Waals surface area contributed by atoms with Gasteiger partial charge >= 0.3 is 0 Å². The predicted octanol–water partition coefficient (Wildman–Crippen LogP) is 3.72. The van der Waals surface area contributed by atoms with E-state index in [0.717, 1.165) is 6.26 Å². The maximum Gasteiger partial charge on any atom is 0.282 e. The molecule has 0 atom stereocenters. The van der Waals surface area contributed by atoms with E-state index in [0.29, 0.717) is 21.5 Å². The maximum atomic E-state index is 14.1. The Labute approximate surface area is 254 Å². The Hall–Kier alpha value is -4.99. The van der Waals surface area contributed by atoms with Crippen molar-refractivity contribution in [3.8, 4) is 11.1 Å². The standard InChI is InChI=1S/C28H21ClN6O7S2/c1-43(38,39)33-18-6-2-5-16(13-18)15-35-22-11-10-17(29)14-20(22)24(19-7-4-12-30-27(19)36)26(35)28(37)34-44(40,41)23-9-3-8-21-25(23)32-42-31-21/h2-14,33H,15H2,1H3,(H,30,36)(H,34,37). The number of aromatic nitrogens is 4. The van der Waals surface area contributed by atoms with Gasteiger partial charge in [0.25, 0.3) is 21.5 Å². The lowest BCUT2D eigenvalue weighted by molar-refractivity contribution is 0.0974. The van der Waals surface area contributed by atoms with Crippen LogP contribution in [-0.4, -0.2) is 48.9 Å². The van der Waals surface area contributed by atoms with E-state index in [1.54, 1.807) is 48.5 Å². The van der Waals surface area contributed by atoms with Crippen molar-refractivity contribution in [3.05, 3.63) is 106 Å². The summed E-state index contributed by atoms with van der Waals surface area (Å²) < 4.78 is 61.5. The second kappa shape index (κ2) is 10.9. The molecule has 0 fully saturated rings. The Kier molecular flexibility index (Phi) is 7.23. The Morgan fingerprint density at radius 1 is 1.00 bits per heavy atom. The van der Waals surface area contributed by atoms with E-state index in [1.807, 2.05) is 0 Å². The zero-order valence-electron chi connectivity index (χ0n) is 22.6. The number of nitrogens with one attached hydrogen (secondary N) is 3. The average molecular weight is 653 g/mol. The van der Waals surface area contributed by atoms with Gasteiger partial charge in [-0.25, -0.2) is 26.2 Å². The van der Waals surface area contributed by atoms with Crippen LogP contribution in [0.25, 0.3) is 33.1 Å². The van der Waals surface area contributed by atoms with Gasteiger partial charge < -0.3 is 9.55 Å². The molecule has 3 aromatic carbocycles. The van der Waals surface area contributed by atoms with E-state index in [2.05, 4.69) is 29.4 Å². The molecule has 0 unspecified atom stereocenters. The first kappa shape index (κ1) is 29.1. The van der Waals surface area contributed by atoms with Crippen molar-refractivity contribution in [1.29, 1.82) is 0 Å². The highest BCUT2D eigenvalue weighted by Crippen LogP contribution is 2.36. The van der Waals surface area contributed by atoms with E-state index in [9.17, 15) is 26.4 Å². The molecule has 6 rings (SSSR count). The number of amides is 1. The fraction of sp³-hybridized carbons (Fsp3) is 0.0714. The van der Waals surface area contributed by atoms with Gasteiger partial charge in [0, 0.05) is 45.5 Å². The molecule has 0 bridgehead atoms. The number of hydrogen-bond donors (Lipinski definition) is 3. The molecule has 0 saturated carbocycles. The van der Waals surface area contributed by atoms with E-state index in [4.69, 9.17) is 11.6 Å². The lowest BCUT2D eigenvalue weighted by Crippen LogP contribution is -2.33. The van der Waals surface area contributed by atoms with Gasteiger partial charge in [-0.15, -0.1) is 0 Å². The molecule has 16 heteroatoms. The zero-order chi connectivity index (χ0) is 31.2. The monoisotopic (exact) mass is 652 g/mol. The van der Waals surface area contributed by atoms with Gasteiger partial charge in [-0.1, -0.05) is 29.8 Å². The lowest BCUT2D eigenvalue weighted by atomic mass is 10.0. The normalized spacial score (nSPS) is 12.0. The highest BCUT2D eigenvalue weighted by molar-refractivity contribution is 7.92. The first-order valence-corrected chi connectivity index (χ1v) is 16.5. The third-order valence-electron chi connectivity index (χ3n) is 6.66. The molecule has 0 spiro atoms. The summed E-state index contributed by atoms with van der Waals surface area (Å²) in [6.45, 7) is -0.0201. The summed E-state index contributed by atoms with van der Waals surface area (Å²) in [5.74, 6) is -1.05. The molecule has 6 aromatic rings. The molecule has 0 aliphatic heterocycles. The molecule has 0 saturated heterocycles. The number of fused-ring (bicyclic) bond motifs is 2. The van der Waals surface area contributed by atoms with E-state index in [1.165, 1.54) is 35.0 Å². The molecule has 0 aliphatic carbocycles. The van der Waals surface area contributed by atoms with E-state index in [-0.39, 0.29) is 45.0 Å². The highest BCUT2D eigenvalue weighted by atomic mass is 35.5. The summed E-state index contributed by atoms with van der Waals surface area (Å²) in [4.78, 5) is 29.4. The predicted molar refractivity (Wildman–Crippen MR) is 163 cm³/mol. The number of nitrogens with zero attached hydrogens (tertiary/aromatic N) is 3. The third kappa shape index (κ3) is 5.55. The minimum Gasteiger partial charge on any atom is -0.331 e. The first-order chi connectivity index (χ1) is 20.9. The fourth-order valence-corrected chi connectivity index (χ4v) is 6.80. The van der Waals surface area contributed by atoms with Crippen molar-refractivity contribution in [2.75, 3.05) is 11.0 Å². The number of halogens is 1. The largest absolute Gasteiger partial charge is 0.331 e. The van der Waals surface area contributed by atoms with Crippen molar-refractivity contribution >= 4 is 65.2 Å². The van der Waals surface area contributed by atoms with Gasteiger partial charge in [0.2, 0.25) is 10.0 Å². The van der Waals surface area contributed by atoms with Crippen LogP contribution in [0.5, 0.6) is 0 Å². The number of carbonyl (C=O) groups is 1. The van der Waals surface area contributed by atoms with Gasteiger partial charge in [0.15, 0.2) is 5.52 Å². The molecule has 3 heterocycles. The van der Waals surface area contributed by atoms with Crippen molar-refractivity contribution in [2.24, 2.45) is 0 Å². The molecule has 13 nitrogen and oxygen atoms in total.